The summed E-state index contributed by atoms with van der Waals surface area (Å²) in [6, 6.07) is 5.29. The third-order valence-electron chi connectivity index (χ3n) is 2.45. The van der Waals surface area contributed by atoms with E-state index in [1.807, 2.05) is 19.9 Å². The minimum atomic E-state index is -1.03. The van der Waals surface area contributed by atoms with Crippen LogP contribution in [-0.4, -0.2) is 11.1 Å². The minimum absolute atomic E-state index is 0.00583. The van der Waals surface area contributed by atoms with Crippen molar-refractivity contribution < 1.29 is 14.3 Å². The van der Waals surface area contributed by atoms with E-state index in [4.69, 9.17) is 9.52 Å². The lowest BCUT2D eigenvalue weighted by Gasteiger charge is -1.98. The maximum atomic E-state index is 10.7. The summed E-state index contributed by atoms with van der Waals surface area (Å²) in [7, 11) is 0. The van der Waals surface area contributed by atoms with Gasteiger partial charge in [0.25, 0.3) is 0 Å². The molecule has 0 aliphatic rings. The Morgan fingerprint density at radius 3 is 2.71 bits per heavy atom. The van der Waals surface area contributed by atoms with Crippen molar-refractivity contribution in [3.8, 4) is 0 Å². The van der Waals surface area contributed by atoms with Gasteiger partial charge >= 0.3 is 5.97 Å². The molecule has 0 amide bonds. The number of carbonyl (C=O) groups is 1. The van der Waals surface area contributed by atoms with Crippen LogP contribution in [-0.2, 0) is 0 Å². The van der Waals surface area contributed by atoms with Crippen LogP contribution >= 0.6 is 0 Å². The maximum absolute atomic E-state index is 10.7. The first-order valence-electron chi connectivity index (χ1n) is 4.32. The summed E-state index contributed by atoms with van der Waals surface area (Å²) in [5, 5.41) is 9.63. The number of carboxylic acids is 1. The zero-order valence-corrected chi connectivity index (χ0v) is 8.00. The lowest BCUT2D eigenvalue weighted by Crippen LogP contribution is -1.91. The Morgan fingerprint density at radius 1 is 1.36 bits per heavy atom. The molecule has 0 bridgehead atoms. The van der Waals surface area contributed by atoms with Crippen molar-refractivity contribution in [3.63, 3.8) is 0 Å². The maximum Gasteiger partial charge on any atom is 0.371 e. The van der Waals surface area contributed by atoms with E-state index >= 15 is 0 Å². The highest BCUT2D eigenvalue weighted by Crippen LogP contribution is 2.24. The number of hydrogen-bond donors (Lipinski definition) is 1. The van der Waals surface area contributed by atoms with E-state index in [0.29, 0.717) is 5.58 Å². The first-order chi connectivity index (χ1) is 6.59. The van der Waals surface area contributed by atoms with E-state index < -0.39 is 5.97 Å². The van der Waals surface area contributed by atoms with Crippen LogP contribution in [0.2, 0.25) is 0 Å². The van der Waals surface area contributed by atoms with Gasteiger partial charge in [-0.1, -0.05) is 6.07 Å². The molecule has 0 spiro atoms. The Labute approximate surface area is 81.0 Å². The van der Waals surface area contributed by atoms with Crippen molar-refractivity contribution in [1.29, 1.82) is 0 Å². The minimum Gasteiger partial charge on any atom is -0.475 e. The molecule has 0 fully saturated rings. The van der Waals surface area contributed by atoms with Gasteiger partial charge in [-0.15, -0.1) is 0 Å². The number of aryl methyl sites for hydroxylation is 2. The number of carboxylic acid groups (broad SMARTS) is 1. The number of hydrogen-bond acceptors (Lipinski definition) is 2. The molecule has 0 saturated carbocycles. The molecule has 14 heavy (non-hydrogen) atoms. The van der Waals surface area contributed by atoms with Crippen molar-refractivity contribution in [1.82, 2.24) is 0 Å². The van der Waals surface area contributed by atoms with Crippen molar-refractivity contribution in [2.24, 2.45) is 0 Å². The second kappa shape index (κ2) is 2.87. The van der Waals surface area contributed by atoms with Gasteiger partial charge in [-0.3, -0.25) is 0 Å². The number of fused-ring (bicyclic) bond motifs is 1. The Hall–Kier alpha value is -1.77. The van der Waals surface area contributed by atoms with Crippen molar-refractivity contribution in [3.05, 3.63) is 35.1 Å². The average Bonchev–Trinajstić information content (AvgIpc) is 2.56. The molecule has 0 unspecified atom stereocenters. The highest BCUT2D eigenvalue weighted by atomic mass is 16.4. The summed E-state index contributed by atoms with van der Waals surface area (Å²) < 4.78 is 5.17. The van der Waals surface area contributed by atoms with Gasteiger partial charge in [-0.25, -0.2) is 4.79 Å². The lowest BCUT2D eigenvalue weighted by atomic mass is 10.1. The monoisotopic (exact) mass is 190 g/mol. The topological polar surface area (TPSA) is 50.4 Å². The molecule has 0 aliphatic carbocycles. The molecular weight excluding hydrogens is 180 g/mol. The quantitative estimate of drug-likeness (QED) is 0.752. The molecular formula is C11H10O3. The summed E-state index contributed by atoms with van der Waals surface area (Å²) in [5.41, 5.74) is 2.83. The van der Waals surface area contributed by atoms with E-state index in [1.54, 1.807) is 12.1 Å². The molecule has 1 aromatic carbocycles. The second-order valence-corrected chi connectivity index (χ2v) is 3.34. The fraction of sp³-hybridized carbons (Fsp3) is 0.182. The summed E-state index contributed by atoms with van der Waals surface area (Å²) in [6.45, 7) is 3.95. The molecule has 1 heterocycles. The van der Waals surface area contributed by atoms with E-state index in [0.717, 1.165) is 16.5 Å². The molecule has 1 aromatic heterocycles. The van der Waals surface area contributed by atoms with E-state index in [2.05, 4.69) is 0 Å². The first kappa shape index (κ1) is 8.81. The Kier molecular flexibility index (Phi) is 1.81. The van der Waals surface area contributed by atoms with Crippen LogP contribution < -0.4 is 0 Å². The SMILES string of the molecule is Cc1ccc2oc(C(=O)O)cc2c1C. The largest absolute Gasteiger partial charge is 0.475 e. The van der Waals surface area contributed by atoms with Gasteiger partial charge in [-0.05, 0) is 37.1 Å². The standard InChI is InChI=1S/C11H10O3/c1-6-3-4-9-8(7(6)2)5-10(14-9)11(12)13/h3-5H,1-2H3,(H,12,13). The lowest BCUT2D eigenvalue weighted by molar-refractivity contribution is 0.0665. The van der Waals surface area contributed by atoms with E-state index in [-0.39, 0.29) is 5.76 Å². The van der Waals surface area contributed by atoms with Crippen LogP contribution in [0.3, 0.4) is 0 Å². The van der Waals surface area contributed by atoms with Crippen molar-refractivity contribution in [2.75, 3.05) is 0 Å². The molecule has 0 saturated heterocycles. The Balaban J connectivity index is 2.77. The number of rotatable bonds is 1. The number of furan rings is 1. The third-order valence-corrected chi connectivity index (χ3v) is 2.45. The van der Waals surface area contributed by atoms with Crippen LogP contribution in [0.5, 0.6) is 0 Å². The van der Waals surface area contributed by atoms with Gasteiger partial charge in [0.2, 0.25) is 5.76 Å². The third kappa shape index (κ3) is 1.18. The summed E-state index contributed by atoms with van der Waals surface area (Å²) in [4.78, 5) is 10.7. The van der Waals surface area contributed by atoms with Gasteiger partial charge in [0.05, 0.1) is 0 Å². The first-order valence-corrected chi connectivity index (χ1v) is 4.32. The number of aromatic carboxylic acids is 1. The fourth-order valence-electron chi connectivity index (χ4n) is 1.47. The summed E-state index contributed by atoms with van der Waals surface area (Å²) >= 11 is 0. The average molecular weight is 190 g/mol. The van der Waals surface area contributed by atoms with Crippen molar-refractivity contribution >= 4 is 16.9 Å². The normalized spacial score (nSPS) is 10.7. The molecule has 72 valence electrons. The Bertz CT molecular complexity index is 508. The highest BCUT2D eigenvalue weighted by molar-refractivity contribution is 5.92. The molecule has 3 heteroatoms. The van der Waals surface area contributed by atoms with Crippen molar-refractivity contribution in [2.45, 2.75) is 13.8 Å². The number of benzene rings is 1. The molecule has 2 aromatic rings. The molecule has 0 aliphatic heterocycles. The predicted molar refractivity (Wildman–Crippen MR) is 52.6 cm³/mol. The van der Waals surface area contributed by atoms with Crippen LogP contribution in [0.25, 0.3) is 11.0 Å². The van der Waals surface area contributed by atoms with E-state index in [9.17, 15) is 4.79 Å². The summed E-state index contributed by atoms with van der Waals surface area (Å²) in [6.07, 6.45) is 0. The van der Waals surface area contributed by atoms with Crippen LogP contribution in [0.1, 0.15) is 21.7 Å². The van der Waals surface area contributed by atoms with Crippen LogP contribution in [0.4, 0.5) is 0 Å². The molecule has 0 radical (unpaired) electrons. The molecule has 3 nitrogen and oxygen atoms in total. The summed E-state index contributed by atoms with van der Waals surface area (Å²) in [5.74, 6) is -1.04. The van der Waals surface area contributed by atoms with Crippen LogP contribution in [0, 0.1) is 13.8 Å². The zero-order chi connectivity index (χ0) is 10.3. The molecule has 0 atom stereocenters. The van der Waals surface area contributed by atoms with E-state index in [1.165, 1.54) is 0 Å². The predicted octanol–water partition coefficient (Wildman–Crippen LogP) is 2.75. The Morgan fingerprint density at radius 2 is 2.07 bits per heavy atom. The van der Waals surface area contributed by atoms with Gasteiger partial charge in [0.15, 0.2) is 0 Å². The molecule has 2 rings (SSSR count). The van der Waals surface area contributed by atoms with Gasteiger partial charge in [0.1, 0.15) is 5.58 Å². The highest BCUT2D eigenvalue weighted by Gasteiger charge is 2.12. The van der Waals surface area contributed by atoms with Gasteiger partial charge < -0.3 is 9.52 Å². The zero-order valence-electron chi connectivity index (χ0n) is 8.00. The smallest absolute Gasteiger partial charge is 0.371 e. The van der Waals surface area contributed by atoms with Gasteiger partial charge in [0, 0.05) is 5.39 Å². The van der Waals surface area contributed by atoms with Gasteiger partial charge in [-0.2, -0.15) is 0 Å². The fourth-order valence-corrected chi connectivity index (χ4v) is 1.47. The second-order valence-electron chi connectivity index (χ2n) is 3.34. The molecule has 1 N–H and O–H groups in total. The van der Waals surface area contributed by atoms with Crippen LogP contribution in [0.15, 0.2) is 22.6 Å².